The van der Waals surface area contributed by atoms with Crippen LogP contribution in [-0.2, 0) is 0 Å². The van der Waals surface area contributed by atoms with Crippen molar-refractivity contribution in [1.82, 2.24) is 0 Å². The Balaban J connectivity index is 2.72. The minimum Gasteiger partial charge on any atom is -0.404 e. The summed E-state index contributed by atoms with van der Waals surface area (Å²) in [5, 5.41) is 0. The fourth-order valence-corrected chi connectivity index (χ4v) is 1.16. The van der Waals surface area contributed by atoms with Gasteiger partial charge in [0.05, 0.1) is 5.70 Å². The third kappa shape index (κ3) is 2.83. The summed E-state index contributed by atoms with van der Waals surface area (Å²) in [4.78, 5) is 4.09. The fourth-order valence-electron chi connectivity index (χ4n) is 1.16. The van der Waals surface area contributed by atoms with Crippen LogP contribution < -0.4 is 5.73 Å². The molecule has 14 heavy (non-hydrogen) atoms. The molecule has 0 bridgehead atoms. The van der Waals surface area contributed by atoms with Crippen molar-refractivity contribution in [2.45, 2.75) is 26.2 Å². The molecular weight excluding hydrogens is 179 g/mol. The van der Waals surface area contributed by atoms with Crippen LogP contribution in [0.5, 0.6) is 0 Å². The van der Waals surface area contributed by atoms with E-state index in [2.05, 4.69) is 4.99 Å². The Kier molecular flexibility index (Phi) is 4.11. The molecule has 0 radical (unpaired) electrons. The summed E-state index contributed by atoms with van der Waals surface area (Å²) in [5.41, 5.74) is 6.79. The van der Waals surface area contributed by atoms with Crippen molar-refractivity contribution in [2.75, 3.05) is 0 Å². The highest BCUT2D eigenvalue weighted by atomic mass is 19.1. The smallest absolute Gasteiger partial charge is 0.144 e. The lowest BCUT2D eigenvalue weighted by atomic mass is 10.1. The maximum Gasteiger partial charge on any atom is 0.144 e. The van der Waals surface area contributed by atoms with Gasteiger partial charge in [-0.05, 0) is 37.1 Å². The summed E-state index contributed by atoms with van der Waals surface area (Å²) < 4.78 is 13.1. The second-order valence-electron chi connectivity index (χ2n) is 3.09. The molecule has 0 aliphatic heterocycles. The van der Waals surface area contributed by atoms with Crippen molar-refractivity contribution in [1.29, 1.82) is 0 Å². The highest BCUT2D eigenvalue weighted by Gasteiger charge is 2.05. The molecule has 1 aliphatic rings. The molecule has 0 saturated heterocycles. The molecule has 0 aromatic rings. The maximum absolute atomic E-state index is 13.1. The van der Waals surface area contributed by atoms with E-state index in [4.69, 9.17) is 5.73 Å². The number of allylic oxidation sites excluding steroid dienone is 5. The Bertz CT molecular complexity index is 311. The zero-order valence-electron chi connectivity index (χ0n) is 8.33. The number of hydrogen-bond acceptors (Lipinski definition) is 2. The average molecular weight is 194 g/mol. The number of rotatable bonds is 3. The lowest BCUT2D eigenvalue weighted by molar-refractivity contribution is 0.634. The molecule has 0 saturated carbocycles. The average Bonchev–Trinajstić information content (AvgIpc) is 2.22. The Labute approximate surface area is 83.7 Å². The molecule has 2 nitrogen and oxygen atoms in total. The fraction of sp³-hybridized carbons (Fsp3) is 0.364. The van der Waals surface area contributed by atoms with Gasteiger partial charge in [0.15, 0.2) is 0 Å². The van der Waals surface area contributed by atoms with Gasteiger partial charge in [-0.1, -0.05) is 13.0 Å². The van der Waals surface area contributed by atoms with Crippen LogP contribution in [0, 0.1) is 0 Å². The van der Waals surface area contributed by atoms with Crippen LogP contribution in [0.25, 0.3) is 0 Å². The lowest BCUT2D eigenvalue weighted by Crippen LogP contribution is -1.93. The van der Waals surface area contributed by atoms with Crippen molar-refractivity contribution in [3.05, 3.63) is 35.4 Å². The summed E-state index contributed by atoms with van der Waals surface area (Å²) in [5.74, 6) is -0.236. The normalized spacial score (nSPS) is 18.3. The van der Waals surface area contributed by atoms with Gasteiger partial charge in [0.1, 0.15) is 5.83 Å². The minimum absolute atomic E-state index is 0.236. The maximum atomic E-state index is 13.1. The molecule has 76 valence electrons. The highest BCUT2D eigenvalue weighted by Crippen LogP contribution is 2.20. The molecule has 0 fully saturated rings. The zero-order valence-corrected chi connectivity index (χ0v) is 8.33. The van der Waals surface area contributed by atoms with Crippen LogP contribution in [0.4, 0.5) is 4.39 Å². The van der Waals surface area contributed by atoms with E-state index in [0.717, 1.165) is 18.4 Å². The van der Waals surface area contributed by atoms with Crippen LogP contribution in [0.1, 0.15) is 26.2 Å². The van der Waals surface area contributed by atoms with Crippen LogP contribution in [0.15, 0.2) is 40.4 Å². The molecule has 1 aliphatic carbocycles. The quantitative estimate of drug-likeness (QED) is 0.689. The number of halogens is 1. The van der Waals surface area contributed by atoms with Crippen molar-refractivity contribution < 1.29 is 4.39 Å². The molecule has 0 unspecified atom stereocenters. The van der Waals surface area contributed by atoms with E-state index in [-0.39, 0.29) is 5.83 Å². The predicted octanol–water partition coefficient (Wildman–Crippen LogP) is 2.84. The van der Waals surface area contributed by atoms with E-state index in [9.17, 15) is 4.39 Å². The Morgan fingerprint density at radius 2 is 2.50 bits per heavy atom. The number of nitrogens with zero attached hydrogens (tertiary/aromatic N) is 1. The highest BCUT2D eigenvalue weighted by molar-refractivity contribution is 5.79. The van der Waals surface area contributed by atoms with Gasteiger partial charge in [-0.3, -0.25) is 4.99 Å². The molecule has 0 heterocycles. The van der Waals surface area contributed by atoms with E-state index in [1.165, 1.54) is 12.3 Å². The second-order valence-corrected chi connectivity index (χ2v) is 3.09. The molecule has 0 spiro atoms. The molecule has 0 atom stereocenters. The van der Waals surface area contributed by atoms with Gasteiger partial charge < -0.3 is 5.73 Å². The van der Waals surface area contributed by atoms with Crippen molar-refractivity contribution >= 4 is 6.21 Å². The first-order chi connectivity index (χ1) is 6.77. The van der Waals surface area contributed by atoms with Crippen LogP contribution in [-0.4, -0.2) is 6.21 Å². The largest absolute Gasteiger partial charge is 0.404 e. The number of hydrogen-bond donors (Lipinski definition) is 1. The topological polar surface area (TPSA) is 38.4 Å². The van der Waals surface area contributed by atoms with Crippen LogP contribution >= 0.6 is 0 Å². The Morgan fingerprint density at radius 1 is 1.71 bits per heavy atom. The number of aliphatic imine (C=N–C) groups is 1. The van der Waals surface area contributed by atoms with Gasteiger partial charge in [-0.25, -0.2) is 4.39 Å². The van der Waals surface area contributed by atoms with E-state index in [1.807, 2.05) is 13.0 Å². The van der Waals surface area contributed by atoms with Crippen molar-refractivity contribution in [2.24, 2.45) is 10.7 Å². The molecular formula is C11H15FN2. The summed E-state index contributed by atoms with van der Waals surface area (Å²) in [6.07, 6.45) is 8.75. The Morgan fingerprint density at radius 3 is 3.07 bits per heavy atom. The second kappa shape index (κ2) is 5.37. The molecule has 2 N–H and O–H groups in total. The monoisotopic (exact) mass is 194 g/mol. The summed E-state index contributed by atoms with van der Waals surface area (Å²) >= 11 is 0. The first kappa shape index (κ1) is 10.7. The van der Waals surface area contributed by atoms with Crippen molar-refractivity contribution in [3.8, 4) is 0 Å². The van der Waals surface area contributed by atoms with Crippen molar-refractivity contribution in [3.63, 3.8) is 0 Å². The minimum atomic E-state index is -0.236. The third-order valence-electron chi connectivity index (χ3n) is 2.10. The summed E-state index contributed by atoms with van der Waals surface area (Å²) in [6.45, 7) is 1.98. The van der Waals surface area contributed by atoms with Gasteiger partial charge in [0.25, 0.3) is 0 Å². The molecule has 3 heteroatoms. The first-order valence-electron chi connectivity index (χ1n) is 4.78. The molecule has 1 rings (SSSR count). The lowest BCUT2D eigenvalue weighted by Gasteiger charge is -2.05. The van der Waals surface area contributed by atoms with Gasteiger partial charge in [-0.15, -0.1) is 0 Å². The molecule has 0 aromatic carbocycles. The summed E-state index contributed by atoms with van der Waals surface area (Å²) in [6, 6.07) is 0. The van der Waals surface area contributed by atoms with E-state index >= 15 is 0 Å². The van der Waals surface area contributed by atoms with Gasteiger partial charge in [0, 0.05) is 6.21 Å². The van der Waals surface area contributed by atoms with Crippen LogP contribution in [0.2, 0.25) is 0 Å². The van der Waals surface area contributed by atoms with E-state index < -0.39 is 0 Å². The summed E-state index contributed by atoms with van der Waals surface area (Å²) in [7, 11) is 0. The van der Waals surface area contributed by atoms with Gasteiger partial charge in [-0.2, -0.15) is 0 Å². The van der Waals surface area contributed by atoms with E-state index in [1.54, 1.807) is 6.21 Å². The predicted molar refractivity (Wildman–Crippen MR) is 57.6 cm³/mol. The van der Waals surface area contributed by atoms with E-state index in [0.29, 0.717) is 12.1 Å². The van der Waals surface area contributed by atoms with Gasteiger partial charge >= 0.3 is 0 Å². The molecule has 0 aromatic heterocycles. The SMILES string of the molecule is CCC(C=NC1=C(F)C=CCC1)=CN. The third-order valence-corrected chi connectivity index (χ3v) is 2.10. The Hall–Kier alpha value is -1.38. The number of nitrogens with two attached hydrogens (primary N) is 1. The standard InChI is InChI=1S/C11H15FN2/c1-2-9(7-13)8-14-11-6-4-3-5-10(11)12/h3,5,7-8H,2,4,6,13H2,1H3. The van der Waals surface area contributed by atoms with Crippen LogP contribution in [0.3, 0.4) is 0 Å². The first-order valence-corrected chi connectivity index (χ1v) is 4.78. The molecule has 0 amide bonds. The zero-order chi connectivity index (χ0) is 10.4. The van der Waals surface area contributed by atoms with Gasteiger partial charge in [0.2, 0.25) is 0 Å².